The van der Waals surface area contributed by atoms with Crippen LogP contribution in [0.1, 0.15) is 33.4 Å². The van der Waals surface area contributed by atoms with E-state index < -0.39 is 30.7 Å². The van der Waals surface area contributed by atoms with Gasteiger partial charge in [-0.3, -0.25) is 9.36 Å². The van der Waals surface area contributed by atoms with Crippen LogP contribution in [0.15, 0.2) is 73.3 Å². The number of nitrogens with zero attached hydrogens (tertiary/aromatic N) is 4. The Morgan fingerprint density at radius 2 is 1.74 bits per heavy atom. The Balaban J connectivity index is 1.39. The summed E-state index contributed by atoms with van der Waals surface area (Å²) >= 11 is 0. The van der Waals surface area contributed by atoms with Gasteiger partial charge in [-0.15, -0.1) is 0 Å². The topological polar surface area (TPSA) is 149 Å². The monoisotopic (exact) mass is 475 g/mol. The summed E-state index contributed by atoms with van der Waals surface area (Å²) in [6, 6.07) is 16.8. The highest BCUT2D eigenvalue weighted by molar-refractivity contribution is 6.06. The summed E-state index contributed by atoms with van der Waals surface area (Å²) in [7, 11) is 0. The Morgan fingerprint density at radius 1 is 1.06 bits per heavy atom. The summed E-state index contributed by atoms with van der Waals surface area (Å²) in [5.41, 5.74) is 1.33. The number of carbonyl (C=O) groups excluding carboxylic acids is 2. The third-order valence-corrected chi connectivity index (χ3v) is 5.67. The minimum Gasteiger partial charge on any atom is -0.426 e. The number of aromatic nitrogens is 4. The second-order valence-electron chi connectivity index (χ2n) is 7.93. The SMILES string of the molecule is O=C(Nc1ncnc2c1ncn2[C@H]1C[C@@](O)(OC(=O)c2ccccc2)[C@@H](CO)O1)c1ccccc1. The number of hydrogen-bond donors (Lipinski definition) is 3. The predicted molar refractivity (Wildman–Crippen MR) is 122 cm³/mol. The molecular formula is C24H21N5O6. The molecule has 0 unspecified atom stereocenters. The number of imidazole rings is 1. The van der Waals surface area contributed by atoms with Gasteiger partial charge in [-0.25, -0.2) is 19.7 Å². The largest absolute Gasteiger partial charge is 0.426 e. The lowest BCUT2D eigenvalue weighted by Gasteiger charge is -2.26. The lowest BCUT2D eigenvalue weighted by atomic mass is 10.1. The van der Waals surface area contributed by atoms with Gasteiger partial charge in [0.25, 0.3) is 5.91 Å². The molecule has 11 heteroatoms. The molecule has 35 heavy (non-hydrogen) atoms. The van der Waals surface area contributed by atoms with Gasteiger partial charge in [0.05, 0.1) is 24.9 Å². The number of nitrogens with one attached hydrogen (secondary N) is 1. The Kier molecular flexibility index (Phi) is 5.95. The Hall–Kier alpha value is -4.19. The number of fused-ring (bicyclic) bond motifs is 1. The molecule has 4 aromatic rings. The summed E-state index contributed by atoms with van der Waals surface area (Å²) in [5, 5.41) is 23.6. The Bertz CT molecular complexity index is 1360. The number of anilines is 1. The van der Waals surface area contributed by atoms with Gasteiger partial charge >= 0.3 is 5.97 Å². The number of benzene rings is 2. The van der Waals surface area contributed by atoms with Gasteiger partial charge in [0.2, 0.25) is 5.79 Å². The highest BCUT2D eigenvalue weighted by Crippen LogP contribution is 2.39. The van der Waals surface area contributed by atoms with Crippen molar-refractivity contribution in [2.24, 2.45) is 0 Å². The van der Waals surface area contributed by atoms with Crippen LogP contribution < -0.4 is 5.32 Å². The van der Waals surface area contributed by atoms with E-state index in [1.165, 1.54) is 17.2 Å². The molecule has 0 bridgehead atoms. The standard InChI is InChI=1S/C24H21N5O6/c30-12-17-24(33,35-23(32)16-9-5-2-6-10-16)11-18(34-17)29-14-27-19-20(25-13-26-21(19)29)28-22(31)15-7-3-1-4-8-15/h1-10,13-14,17-18,30,33H,11-12H2,(H,25,26,28,31)/t17-,18-,24-/m1/s1. The maximum atomic E-state index is 12.6. The molecule has 178 valence electrons. The van der Waals surface area contributed by atoms with Gasteiger partial charge in [-0.05, 0) is 24.3 Å². The molecule has 0 radical (unpaired) electrons. The normalized spacial score (nSPS) is 21.7. The first kappa shape index (κ1) is 22.6. The van der Waals surface area contributed by atoms with Crippen LogP contribution in [-0.2, 0) is 9.47 Å². The molecule has 2 aromatic heterocycles. The molecule has 1 fully saturated rings. The number of aliphatic hydroxyl groups excluding tert-OH is 1. The molecule has 11 nitrogen and oxygen atoms in total. The molecule has 1 aliphatic heterocycles. The van der Waals surface area contributed by atoms with Crippen LogP contribution in [0.4, 0.5) is 5.82 Å². The van der Waals surface area contributed by atoms with E-state index in [-0.39, 0.29) is 23.7 Å². The maximum Gasteiger partial charge on any atom is 0.340 e. The molecule has 3 atom stereocenters. The van der Waals surface area contributed by atoms with E-state index in [4.69, 9.17) is 9.47 Å². The van der Waals surface area contributed by atoms with Gasteiger partial charge in [0.15, 0.2) is 17.0 Å². The average Bonchev–Trinajstić information content (AvgIpc) is 3.46. The maximum absolute atomic E-state index is 12.6. The third kappa shape index (κ3) is 4.35. The number of carbonyl (C=O) groups is 2. The summed E-state index contributed by atoms with van der Waals surface area (Å²) in [6.07, 6.45) is 0.440. The third-order valence-electron chi connectivity index (χ3n) is 5.67. The molecule has 1 saturated heterocycles. The number of aliphatic hydroxyl groups is 2. The number of esters is 1. The molecule has 0 aliphatic carbocycles. The summed E-state index contributed by atoms with van der Waals surface area (Å²) < 4.78 is 12.7. The molecule has 3 heterocycles. The first-order chi connectivity index (χ1) is 17.0. The van der Waals surface area contributed by atoms with Crippen molar-refractivity contribution in [2.75, 3.05) is 11.9 Å². The second kappa shape index (κ2) is 9.22. The lowest BCUT2D eigenvalue weighted by Crippen LogP contribution is -2.44. The summed E-state index contributed by atoms with van der Waals surface area (Å²) in [4.78, 5) is 37.8. The number of ether oxygens (including phenoxy) is 2. The van der Waals surface area contributed by atoms with Crippen molar-refractivity contribution in [2.45, 2.75) is 24.5 Å². The molecular weight excluding hydrogens is 454 g/mol. The van der Waals surface area contributed by atoms with Crippen LogP contribution in [0.25, 0.3) is 11.2 Å². The van der Waals surface area contributed by atoms with Crippen molar-refractivity contribution >= 4 is 28.9 Å². The van der Waals surface area contributed by atoms with E-state index in [2.05, 4.69) is 20.3 Å². The molecule has 2 aromatic carbocycles. The van der Waals surface area contributed by atoms with Crippen LogP contribution in [0.5, 0.6) is 0 Å². The molecule has 1 aliphatic rings. The summed E-state index contributed by atoms with van der Waals surface area (Å²) in [6.45, 7) is -0.588. The smallest absolute Gasteiger partial charge is 0.340 e. The highest BCUT2D eigenvalue weighted by Gasteiger charge is 2.51. The molecule has 3 N–H and O–H groups in total. The number of amides is 1. The zero-order valence-electron chi connectivity index (χ0n) is 18.3. The van der Waals surface area contributed by atoms with Crippen LogP contribution >= 0.6 is 0 Å². The fraction of sp³-hybridized carbons (Fsp3) is 0.208. The van der Waals surface area contributed by atoms with Crippen molar-refractivity contribution in [1.29, 1.82) is 0 Å². The van der Waals surface area contributed by atoms with Gasteiger partial charge < -0.3 is 25.0 Å². The first-order valence-corrected chi connectivity index (χ1v) is 10.8. The van der Waals surface area contributed by atoms with Crippen LogP contribution in [0, 0.1) is 0 Å². The Morgan fingerprint density at radius 3 is 2.43 bits per heavy atom. The fourth-order valence-electron chi connectivity index (χ4n) is 3.90. The van der Waals surface area contributed by atoms with E-state index in [9.17, 15) is 19.8 Å². The van der Waals surface area contributed by atoms with Gasteiger partial charge in [0.1, 0.15) is 18.7 Å². The zero-order valence-corrected chi connectivity index (χ0v) is 18.3. The van der Waals surface area contributed by atoms with Crippen molar-refractivity contribution in [3.8, 4) is 0 Å². The Labute approximate surface area is 199 Å². The average molecular weight is 475 g/mol. The predicted octanol–water partition coefficient (Wildman–Crippen LogP) is 1.90. The zero-order chi connectivity index (χ0) is 24.4. The van der Waals surface area contributed by atoms with Gasteiger partial charge in [0, 0.05) is 5.56 Å². The van der Waals surface area contributed by atoms with E-state index >= 15 is 0 Å². The first-order valence-electron chi connectivity index (χ1n) is 10.8. The van der Waals surface area contributed by atoms with E-state index in [1.807, 2.05) is 0 Å². The van der Waals surface area contributed by atoms with Crippen LogP contribution in [-0.4, -0.2) is 60.1 Å². The quantitative estimate of drug-likeness (QED) is 0.281. The molecule has 1 amide bonds. The highest BCUT2D eigenvalue weighted by atomic mass is 16.7. The van der Waals surface area contributed by atoms with E-state index in [0.717, 1.165) is 0 Å². The minimum atomic E-state index is -2.08. The second-order valence-corrected chi connectivity index (χ2v) is 7.93. The number of rotatable bonds is 6. The number of hydrogen-bond acceptors (Lipinski definition) is 9. The van der Waals surface area contributed by atoms with E-state index in [0.29, 0.717) is 16.7 Å². The minimum absolute atomic E-state index is 0.183. The van der Waals surface area contributed by atoms with Crippen molar-refractivity contribution < 1.29 is 29.3 Å². The van der Waals surface area contributed by atoms with Crippen LogP contribution in [0.3, 0.4) is 0 Å². The van der Waals surface area contributed by atoms with Crippen LogP contribution in [0.2, 0.25) is 0 Å². The molecule has 0 spiro atoms. The van der Waals surface area contributed by atoms with E-state index in [1.54, 1.807) is 60.7 Å². The fourth-order valence-corrected chi connectivity index (χ4v) is 3.90. The summed E-state index contributed by atoms with van der Waals surface area (Å²) in [5.74, 6) is -3.00. The van der Waals surface area contributed by atoms with Crippen molar-refractivity contribution in [3.63, 3.8) is 0 Å². The lowest BCUT2D eigenvalue weighted by molar-refractivity contribution is -0.203. The van der Waals surface area contributed by atoms with Gasteiger partial charge in [-0.2, -0.15) is 0 Å². The molecule has 5 rings (SSSR count). The van der Waals surface area contributed by atoms with Crippen molar-refractivity contribution in [3.05, 3.63) is 84.4 Å². The van der Waals surface area contributed by atoms with Gasteiger partial charge in [-0.1, -0.05) is 36.4 Å². The molecule has 0 saturated carbocycles. The van der Waals surface area contributed by atoms with Crippen molar-refractivity contribution in [1.82, 2.24) is 19.5 Å².